The van der Waals surface area contributed by atoms with Crippen molar-refractivity contribution in [1.82, 2.24) is 4.73 Å². The summed E-state index contributed by atoms with van der Waals surface area (Å²) in [5.41, 5.74) is 1.09. The molecule has 0 fully saturated rings. The van der Waals surface area contributed by atoms with Crippen LogP contribution in [0.2, 0.25) is 0 Å². The molecule has 0 amide bonds. The number of carboxylic acids is 1. The Labute approximate surface area is 120 Å². The molecule has 0 atom stereocenters. The third-order valence-corrected chi connectivity index (χ3v) is 3.11. The van der Waals surface area contributed by atoms with Crippen molar-refractivity contribution in [3.05, 3.63) is 65.9 Å². The van der Waals surface area contributed by atoms with Crippen molar-refractivity contribution >= 4 is 16.9 Å². The van der Waals surface area contributed by atoms with Crippen LogP contribution in [-0.4, -0.2) is 15.8 Å². The minimum atomic E-state index is -1.08. The number of carboxylic acid groups (broad SMARTS) is 1. The predicted octanol–water partition coefficient (Wildman–Crippen LogP) is 3.05. The summed E-state index contributed by atoms with van der Waals surface area (Å²) in [6.45, 7) is 0. The molecule has 3 rings (SSSR count). The van der Waals surface area contributed by atoms with Gasteiger partial charge < -0.3 is 9.94 Å². The van der Waals surface area contributed by atoms with Gasteiger partial charge in [0.05, 0.1) is 16.6 Å². The van der Waals surface area contributed by atoms with Crippen molar-refractivity contribution in [2.75, 3.05) is 0 Å². The summed E-state index contributed by atoms with van der Waals surface area (Å²) >= 11 is 0. The first-order valence-corrected chi connectivity index (χ1v) is 6.21. The molecule has 2 aromatic carbocycles. The highest BCUT2D eigenvalue weighted by molar-refractivity contribution is 5.88. The first kappa shape index (κ1) is 12.8. The number of hydrogen-bond donors (Lipinski definition) is 1. The Balaban J connectivity index is 2.02. The van der Waals surface area contributed by atoms with Crippen molar-refractivity contribution < 1.29 is 14.7 Å². The lowest BCUT2D eigenvalue weighted by Crippen LogP contribution is -2.05. The van der Waals surface area contributed by atoms with E-state index in [2.05, 4.69) is 0 Å². The van der Waals surface area contributed by atoms with Gasteiger partial charge in [0.25, 0.3) is 0 Å². The lowest BCUT2D eigenvalue weighted by Gasteiger charge is -2.09. The Morgan fingerprint density at radius 3 is 2.76 bits per heavy atom. The van der Waals surface area contributed by atoms with Crippen LogP contribution in [0.15, 0.2) is 54.7 Å². The molecule has 0 unspecified atom stereocenters. The normalized spacial score (nSPS) is 10.2. The fraction of sp³-hybridized carbons (Fsp3) is 0. The van der Waals surface area contributed by atoms with E-state index < -0.39 is 5.97 Å². The molecular formula is C16H10N2O3. The van der Waals surface area contributed by atoms with E-state index in [4.69, 9.17) is 15.2 Å². The Morgan fingerprint density at radius 2 is 2.00 bits per heavy atom. The molecule has 0 saturated heterocycles. The summed E-state index contributed by atoms with van der Waals surface area (Å²) in [7, 11) is 0. The Bertz CT molecular complexity index is 875. The van der Waals surface area contributed by atoms with Crippen LogP contribution in [0.4, 0.5) is 0 Å². The molecule has 0 spiro atoms. The van der Waals surface area contributed by atoms with Crippen molar-refractivity contribution in [3.63, 3.8) is 0 Å². The van der Waals surface area contributed by atoms with Gasteiger partial charge in [-0.1, -0.05) is 18.2 Å². The quantitative estimate of drug-likeness (QED) is 0.799. The average Bonchev–Trinajstić information content (AvgIpc) is 2.91. The fourth-order valence-electron chi connectivity index (χ4n) is 2.07. The average molecular weight is 278 g/mol. The van der Waals surface area contributed by atoms with Crippen LogP contribution in [-0.2, 0) is 0 Å². The van der Waals surface area contributed by atoms with E-state index >= 15 is 0 Å². The Morgan fingerprint density at radius 1 is 1.19 bits per heavy atom. The number of aromatic nitrogens is 1. The minimum Gasteiger partial charge on any atom is -0.478 e. The fourth-order valence-corrected chi connectivity index (χ4v) is 2.07. The monoisotopic (exact) mass is 278 g/mol. The van der Waals surface area contributed by atoms with Gasteiger partial charge in [-0.25, -0.2) is 4.79 Å². The molecule has 1 aromatic heterocycles. The van der Waals surface area contributed by atoms with Gasteiger partial charge in [0.15, 0.2) is 5.75 Å². The maximum Gasteiger partial charge on any atom is 0.335 e. The van der Waals surface area contributed by atoms with E-state index in [-0.39, 0.29) is 11.1 Å². The van der Waals surface area contributed by atoms with Crippen LogP contribution >= 0.6 is 0 Å². The molecule has 102 valence electrons. The smallest absolute Gasteiger partial charge is 0.335 e. The first-order valence-electron chi connectivity index (χ1n) is 6.21. The number of hydrogen-bond acceptors (Lipinski definition) is 3. The van der Waals surface area contributed by atoms with Gasteiger partial charge in [0, 0.05) is 11.6 Å². The molecule has 0 saturated carbocycles. The molecule has 1 N–H and O–H groups in total. The van der Waals surface area contributed by atoms with Crippen LogP contribution in [0.25, 0.3) is 10.9 Å². The van der Waals surface area contributed by atoms with Gasteiger partial charge in [-0.15, -0.1) is 0 Å². The highest BCUT2D eigenvalue weighted by Crippen LogP contribution is 2.22. The van der Waals surface area contributed by atoms with Crippen LogP contribution in [0, 0.1) is 11.3 Å². The summed E-state index contributed by atoms with van der Waals surface area (Å²) in [5, 5.41) is 19.1. The van der Waals surface area contributed by atoms with Gasteiger partial charge in [-0.3, -0.25) is 0 Å². The van der Waals surface area contributed by atoms with Crippen LogP contribution in [0.5, 0.6) is 5.75 Å². The molecule has 0 aliphatic rings. The standard InChI is InChI=1S/C16H10N2O3/c17-10-13-9-12(16(19)20)5-6-15(13)21-18-8-7-11-3-1-2-4-14(11)18/h1-9H,(H,19,20). The van der Waals surface area contributed by atoms with Gasteiger partial charge in [0.1, 0.15) is 6.07 Å². The van der Waals surface area contributed by atoms with E-state index in [0.717, 1.165) is 10.9 Å². The first-order chi connectivity index (χ1) is 10.2. The third-order valence-electron chi connectivity index (χ3n) is 3.11. The molecule has 0 aliphatic carbocycles. The molecule has 21 heavy (non-hydrogen) atoms. The summed E-state index contributed by atoms with van der Waals surface area (Å²) < 4.78 is 1.55. The molecule has 3 aromatic rings. The van der Waals surface area contributed by atoms with Crippen molar-refractivity contribution in [2.45, 2.75) is 0 Å². The number of rotatable bonds is 3. The van der Waals surface area contributed by atoms with Crippen LogP contribution < -0.4 is 4.84 Å². The van der Waals surface area contributed by atoms with Gasteiger partial charge in [-0.05, 0) is 30.3 Å². The molecular weight excluding hydrogens is 268 g/mol. The molecule has 0 radical (unpaired) electrons. The number of benzene rings is 2. The maximum absolute atomic E-state index is 10.9. The maximum atomic E-state index is 10.9. The van der Waals surface area contributed by atoms with Gasteiger partial charge in [-0.2, -0.15) is 9.99 Å². The van der Waals surface area contributed by atoms with Crippen molar-refractivity contribution in [3.8, 4) is 11.8 Å². The predicted molar refractivity (Wildman–Crippen MR) is 76.1 cm³/mol. The van der Waals surface area contributed by atoms with E-state index in [1.54, 1.807) is 10.9 Å². The summed E-state index contributed by atoms with van der Waals surface area (Å²) in [4.78, 5) is 16.6. The number of fused-ring (bicyclic) bond motifs is 1. The largest absolute Gasteiger partial charge is 0.478 e. The number of aromatic carboxylic acids is 1. The zero-order chi connectivity index (χ0) is 14.8. The second-order valence-corrected chi connectivity index (χ2v) is 4.42. The molecule has 0 aliphatic heterocycles. The van der Waals surface area contributed by atoms with E-state index in [1.165, 1.54) is 18.2 Å². The third kappa shape index (κ3) is 2.30. The molecule has 5 heteroatoms. The Hall–Kier alpha value is -3.26. The lowest BCUT2D eigenvalue weighted by molar-refractivity contribution is 0.0696. The van der Waals surface area contributed by atoms with Gasteiger partial charge >= 0.3 is 5.97 Å². The summed E-state index contributed by atoms with van der Waals surface area (Å²) in [6, 6.07) is 15.7. The number of para-hydroxylation sites is 1. The number of nitriles is 1. The molecule has 1 heterocycles. The van der Waals surface area contributed by atoms with E-state index in [9.17, 15) is 4.79 Å². The molecule has 5 nitrogen and oxygen atoms in total. The second kappa shape index (κ2) is 5.02. The van der Waals surface area contributed by atoms with Crippen LogP contribution in [0.1, 0.15) is 15.9 Å². The summed E-state index contributed by atoms with van der Waals surface area (Å²) in [6.07, 6.45) is 1.75. The lowest BCUT2D eigenvalue weighted by atomic mass is 10.1. The number of nitrogens with zero attached hydrogens (tertiary/aromatic N) is 2. The highest BCUT2D eigenvalue weighted by Gasteiger charge is 2.11. The minimum absolute atomic E-state index is 0.0521. The number of carbonyl (C=O) groups is 1. The highest BCUT2D eigenvalue weighted by atomic mass is 16.7. The Kier molecular flexibility index (Phi) is 3.05. The zero-order valence-electron chi connectivity index (χ0n) is 10.9. The van der Waals surface area contributed by atoms with E-state index in [0.29, 0.717) is 5.75 Å². The molecule has 0 bridgehead atoms. The second-order valence-electron chi connectivity index (χ2n) is 4.42. The SMILES string of the molecule is N#Cc1cc(C(=O)O)ccc1On1ccc2ccccc21. The van der Waals surface area contributed by atoms with Crippen LogP contribution in [0.3, 0.4) is 0 Å². The van der Waals surface area contributed by atoms with Crippen molar-refractivity contribution in [1.29, 1.82) is 5.26 Å². The van der Waals surface area contributed by atoms with E-state index in [1.807, 2.05) is 36.4 Å². The summed E-state index contributed by atoms with van der Waals surface area (Å²) in [5.74, 6) is -0.770. The topological polar surface area (TPSA) is 75.2 Å². The zero-order valence-corrected chi connectivity index (χ0v) is 10.9. The van der Waals surface area contributed by atoms with Gasteiger partial charge in [0.2, 0.25) is 0 Å². The van der Waals surface area contributed by atoms with Crippen molar-refractivity contribution in [2.24, 2.45) is 0 Å².